The highest BCUT2D eigenvalue weighted by atomic mass is 14.7. The van der Waals surface area contributed by atoms with Gasteiger partial charge >= 0.3 is 0 Å². The number of pyridine rings is 1. The fourth-order valence-electron chi connectivity index (χ4n) is 2.62. The summed E-state index contributed by atoms with van der Waals surface area (Å²) >= 11 is 0. The van der Waals surface area contributed by atoms with Gasteiger partial charge in [0.2, 0.25) is 0 Å². The maximum absolute atomic E-state index is 4.52. The molecule has 0 spiro atoms. The molecule has 0 unspecified atom stereocenters. The first kappa shape index (κ1) is 12.9. The SMILES string of the molecule is CCCCc1cc2ccccc2cc1-c1ccccn1. The van der Waals surface area contributed by atoms with Gasteiger partial charge in [-0.05, 0) is 47.4 Å². The van der Waals surface area contributed by atoms with Crippen molar-refractivity contribution in [3.63, 3.8) is 0 Å². The van der Waals surface area contributed by atoms with Crippen LogP contribution in [0.15, 0.2) is 60.8 Å². The molecule has 0 saturated heterocycles. The Hall–Kier alpha value is -2.15. The molecule has 0 radical (unpaired) electrons. The molecule has 0 amide bonds. The van der Waals surface area contributed by atoms with Gasteiger partial charge < -0.3 is 0 Å². The summed E-state index contributed by atoms with van der Waals surface area (Å²) < 4.78 is 0. The molecular weight excluding hydrogens is 242 g/mol. The number of hydrogen-bond donors (Lipinski definition) is 0. The Morgan fingerprint density at radius 3 is 2.35 bits per heavy atom. The van der Waals surface area contributed by atoms with Crippen LogP contribution in [-0.2, 0) is 6.42 Å². The molecule has 0 N–H and O–H groups in total. The van der Waals surface area contributed by atoms with Crippen LogP contribution in [0.25, 0.3) is 22.0 Å². The standard InChI is InChI=1S/C19H19N/c1-2-3-8-17-13-15-9-4-5-10-16(15)14-18(17)19-11-6-7-12-20-19/h4-7,9-14H,2-3,8H2,1H3. The van der Waals surface area contributed by atoms with E-state index in [2.05, 4.69) is 60.4 Å². The number of hydrogen-bond acceptors (Lipinski definition) is 1. The Labute approximate surface area is 120 Å². The van der Waals surface area contributed by atoms with Crippen LogP contribution in [0.2, 0.25) is 0 Å². The van der Waals surface area contributed by atoms with Crippen molar-refractivity contribution in [3.8, 4) is 11.3 Å². The largest absolute Gasteiger partial charge is 0.256 e. The van der Waals surface area contributed by atoms with Gasteiger partial charge in [-0.1, -0.05) is 49.7 Å². The summed E-state index contributed by atoms with van der Waals surface area (Å²) in [5, 5.41) is 2.60. The number of rotatable bonds is 4. The zero-order valence-electron chi connectivity index (χ0n) is 11.8. The minimum absolute atomic E-state index is 1.07. The first-order valence-electron chi connectivity index (χ1n) is 7.31. The average molecular weight is 261 g/mol. The molecule has 0 aliphatic rings. The van der Waals surface area contributed by atoms with E-state index in [1.807, 2.05) is 12.3 Å². The van der Waals surface area contributed by atoms with Crippen LogP contribution in [0.5, 0.6) is 0 Å². The van der Waals surface area contributed by atoms with Crippen LogP contribution < -0.4 is 0 Å². The van der Waals surface area contributed by atoms with E-state index in [0.29, 0.717) is 0 Å². The van der Waals surface area contributed by atoms with Gasteiger partial charge in [-0.15, -0.1) is 0 Å². The molecule has 1 heterocycles. The molecule has 0 atom stereocenters. The molecule has 100 valence electrons. The van der Waals surface area contributed by atoms with Gasteiger partial charge in [0.25, 0.3) is 0 Å². The van der Waals surface area contributed by atoms with Gasteiger partial charge in [0, 0.05) is 11.8 Å². The molecule has 0 saturated carbocycles. The Morgan fingerprint density at radius 1 is 0.900 bits per heavy atom. The molecule has 3 rings (SSSR count). The van der Waals surface area contributed by atoms with Gasteiger partial charge in [0.15, 0.2) is 0 Å². The van der Waals surface area contributed by atoms with Crippen molar-refractivity contribution >= 4 is 10.8 Å². The van der Waals surface area contributed by atoms with Crippen molar-refractivity contribution < 1.29 is 0 Å². The summed E-state index contributed by atoms with van der Waals surface area (Å²) in [6.07, 6.45) is 5.42. The van der Waals surface area contributed by atoms with Crippen molar-refractivity contribution in [2.45, 2.75) is 26.2 Å². The van der Waals surface area contributed by atoms with Crippen LogP contribution in [-0.4, -0.2) is 4.98 Å². The Balaban J connectivity index is 2.16. The summed E-state index contributed by atoms with van der Waals surface area (Å²) in [5.74, 6) is 0. The molecule has 2 aromatic carbocycles. The molecule has 1 nitrogen and oxygen atoms in total. The van der Waals surface area contributed by atoms with Crippen molar-refractivity contribution in [2.75, 3.05) is 0 Å². The Kier molecular flexibility index (Phi) is 3.78. The Bertz CT molecular complexity index is 701. The lowest BCUT2D eigenvalue weighted by Gasteiger charge is -2.11. The van der Waals surface area contributed by atoms with E-state index in [9.17, 15) is 0 Å². The highest BCUT2D eigenvalue weighted by Gasteiger charge is 2.07. The predicted octanol–water partition coefficient (Wildman–Crippen LogP) is 5.24. The highest BCUT2D eigenvalue weighted by Crippen LogP contribution is 2.28. The van der Waals surface area contributed by atoms with E-state index in [4.69, 9.17) is 0 Å². The van der Waals surface area contributed by atoms with Gasteiger partial charge in [-0.2, -0.15) is 0 Å². The number of unbranched alkanes of at least 4 members (excludes halogenated alkanes) is 1. The van der Waals surface area contributed by atoms with Gasteiger partial charge in [-0.25, -0.2) is 0 Å². The van der Waals surface area contributed by atoms with Crippen molar-refractivity contribution in [2.24, 2.45) is 0 Å². The monoisotopic (exact) mass is 261 g/mol. The normalized spacial score (nSPS) is 10.8. The smallest absolute Gasteiger partial charge is 0.0704 e. The second kappa shape index (κ2) is 5.87. The lowest BCUT2D eigenvalue weighted by molar-refractivity contribution is 0.796. The van der Waals surface area contributed by atoms with Crippen LogP contribution in [0.3, 0.4) is 0 Å². The molecule has 1 aromatic heterocycles. The van der Waals surface area contributed by atoms with Gasteiger partial charge in [-0.3, -0.25) is 4.98 Å². The van der Waals surface area contributed by atoms with Crippen LogP contribution in [0.4, 0.5) is 0 Å². The minimum atomic E-state index is 1.07. The summed E-state index contributed by atoms with van der Waals surface area (Å²) in [6.45, 7) is 2.24. The van der Waals surface area contributed by atoms with Crippen molar-refractivity contribution in [3.05, 3.63) is 66.4 Å². The fourth-order valence-corrected chi connectivity index (χ4v) is 2.62. The Morgan fingerprint density at radius 2 is 1.65 bits per heavy atom. The second-order valence-corrected chi connectivity index (χ2v) is 5.18. The predicted molar refractivity (Wildman–Crippen MR) is 85.8 cm³/mol. The van der Waals surface area contributed by atoms with E-state index in [0.717, 1.165) is 12.1 Å². The van der Waals surface area contributed by atoms with Gasteiger partial charge in [0.1, 0.15) is 0 Å². The molecule has 1 heteroatoms. The number of benzene rings is 2. The first-order chi connectivity index (χ1) is 9.88. The highest BCUT2D eigenvalue weighted by molar-refractivity contribution is 5.88. The summed E-state index contributed by atoms with van der Waals surface area (Å²) in [7, 11) is 0. The number of aromatic nitrogens is 1. The van der Waals surface area contributed by atoms with Crippen molar-refractivity contribution in [1.29, 1.82) is 0 Å². The molecule has 0 fully saturated rings. The summed E-state index contributed by atoms with van der Waals surface area (Å²) in [6, 6.07) is 19.3. The summed E-state index contributed by atoms with van der Waals surface area (Å²) in [5.41, 5.74) is 3.76. The maximum Gasteiger partial charge on any atom is 0.0704 e. The number of nitrogens with zero attached hydrogens (tertiary/aromatic N) is 1. The molecule has 0 aliphatic carbocycles. The molecule has 0 bridgehead atoms. The van der Waals surface area contributed by atoms with E-state index in [1.54, 1.807) is 0 Å². The van der Waals surface area contributed by atoms with E-state index in [-0.39, 0.29) is 0 Å². The van der Waals surface area contributed by atoms with Crippen LogP contribution in [0.1, 0.15) is 25.3 Å². The number of fused-ring (bicyclic) bond motifs is 1. The van der Waals surface area contributed by atoms with Gasteiger partial charge in [0.05, 0.1) is 5.69 Å². The van der Waals surface area contributed by atoms with Crippen LogP contribution in [0, 0.1) is 0 Å². The third-order valence-corrected chi connectivity index (χ3v) is 3.71. The summed E-state index contributed by atoms with van der Waals surface area (Å²) in [4.78, 5) is 4.52. The fraction of sp³-hybridized carbons (Fsp3) is 0.211. The quantitative estimate of drug-likeness (QED) is 0.625. The lowest BCUT2D eigenvalue weighted by Crippen LogP contribution is -1.93. The first-order valence-corrected chi connectivity index (χ1v) is 7.31. The zero-order chi connectivity index (χ0) is 13.8. The van der Waals surface area contributed by atoms with Crippen LogP contribution >= 0.6 is 0 Å². The van der Waals surface area contributed by atoms with E-state index in [1.165, 1.54) is 34.7 Å². The lowest BCUT2D eigenvalue weighted by atomic mass is 9.95. The molecule has 3 aromatic rings. The van der Waals surface area contributed by atoms with Crippen molar-refractivity contribution in [1.82, 2.24) is 4.98 Å². The zero-order valence-corrected chi connectivity index (χ0v) is 11.8. The average Bonchev–Trinajstić information content (AvgIpc) is 2.53. The third-order valence-electron chi connectivity index (χ3n) is 3.71. The topological polar surface area (TPSA) is 12.9 Å². The minimum Gasteiger partial charge on any atom is -0.256 e. The molecule has 0 aliphatic heterocycles. The van der Waals surface area contributed by atoms with E-state index >= 15 is 0 Å². The number of aryl methyl sites for hydroxylation is 1. The van der Waals surface area contributed by atoms with E-state index < -0.39 is 0 Å². The maximum atomic E-state index is 4.52. The third kappa shape index (κ3) is 2.57. The second-order valence-electron chi connectivity index (χ2n) is 5.18. The molecule has 20 heavy (non-hydrogen) atoms. The molecular formula is C19H19N.